The molecule has 0 heterocycles. The lowest BCUT2D eigenvalue weighted by molar-refractivity contribution is 0.0498. The van der Waals surface area contributed by atoms with Gasteiger partial charge in [0.05, 0.1) is 32.0 Å². The summed E-state index contributed by atoms with van der Waals surface area (Å²) >= 11 is 0. The van der Waals surface area contributed by atoms with Crippen LogP contribution < -0.4 is 14.2 Å². The molecule has 6 heteroatoms. The second-order valence-electron chi connectivity index (χ2n) is 5.81. The highest BCUT2D eigenvalue weighted by Gasteiger charge is 2.18. The Labute approximate surface area is 159 Å². The Morgan fingerprint density at radius 3 is 2.04 bits per heavy atom. The summed E-state index contributed by atoms with van der Waals surface area (Å²) in [6.45, 7) is 2.44. The number of benzene rings is 2. The molecule has 0 amide bonds. The highest BCUT2D eigenvalue weighted by molar-refractivity contribution is 5.96. The van der Waals surface area contributed by atoms with Crippen LogP contribution in [0, 0.1) is 0 Å². The van der Waals surface area contributed by atoms with Gasteiger partial charge >= 0.3 is 11.9 Å². The average molecular weight is 372 g/mol. The van der Waals surface area contributed by atoms with Gasteiger partial charge in [-0.1, -0.05) is 31.9 Å². The number of para-hydroxylation sites is 1. The van der Waals surface area contributed by atoms with Crippen LogP contribution in [0.25, 0.3) is 0 Å². The molecule has 0 saturated carbocycles. The van der Waals surface area contributed by atoms with E-state index in [1.807, 2.05) is 0 Å². The lowest BCUT2D eigenvalue weighted by atomic mass is 10.1. The Kier molecular flexibility index (Phi) is 7.67. The third kappa shape index (κ3) is 5.48. The number of rotatable bonds is 9. The van der Waals surface area contributed by atoms with E-state index in [2.05, 4.69) is 6.92 Å². The number of carbonyl (C=O) groups excluding carboxylic acids is 2. The lowest BCUT2D eigenvalue weighted by Crippen LogP contribution is -2.12. The van der Waals surface area contributed by atoms with Crippen molar-refractivity contribution in [1.29, 1.82) is 0 Å². The summed E-state index contributed by atoms with van der Waals surface area (Å²) in [7, 11) is 2.95. The van der Waals surface area contributed by atoms with Gasteiger partial charge in [-0.25, -0.2) is 9.59 Å². The quantitative estimate of drug-likeness (QED) is 0.372. The molecule has 6 nitrogen and oxygen atoms in total. The van der Waals surface area contributed by atoms with Gasteiger partial charge in [-0.3, -0.25) is 0 Å². The van der Waals surface area contributed by atoms with E-state index < -0.39 is 11.9 Å². The third-order valence-electron chi connectivity index (χ3n) is 3.89. The van der Waals surface area contributed by atoms with E-state index >= 15 is 0 Å². The summed E-state index contributed by atoms with van der Waals surface area (Å²) < 4.78 is 21.1. The van der Waals surface area contributed by atoms with Gasteiger partial charge in [0.15, 0.2) is 11.5 Å². The Balaban J connectivity index is 2.13. The summed E-state index contributed by atoms with van der Waals surface area (Å²) in [6, 6.07) is 11.3. The molecule has 0 unspecified atom stereocenters. The fraction of sp³-hybridized carbons (Fsp3) is 0.333. The van der Waals surface area contributed by atoms with Crippen LogP contribution in [-0.4, -0.2) is 32.8 Å². The second kappa shape index (κ2) is 10.2. The summed E-state index contributed by atoms with van der Waals surface area (Å²) in [6.07, 6.45) is 2.86. The predicted octanol–water partition coefficient (Wildman–Crippen LogP) is 4.27. The van der Waals surface area contributed by atoms with Crippen molar-refractivity contribution < 1.29 is 28.5 Å². The van der Waals surface area contributed by atoms with Crippen molar-refractivity contribution in [3.05, 3.63) is 53.6 Å². The maximum atomic E-state index is 12.5. The monoisotopic (exact) mass is 372 g/mol. The van der Waals surface area contributed by atoms with E-state index in [0.29, 0.717) is 23.7 Å². The largest absolute Gasteiger partial charge is 0.493 e. The molecule has 0 aliphatic rings. The van der Waals surface area contributed by atoms with Gasteiger partial charge in [-0.15, -0.1) is 0 Å². The first-order valence-corrected chi connectivity index (χ1v) is 8.81. The van der Waals surface area contributed by atoms with Crippen LogP contribution >= 0.6 is 0 Å². The van der Waals surface area contributed by atoms with Crippen molar-refractivity contribution in [1.82, 2.24) is 0 Å². The normalized spacial score (nSPS) is 10.2. The lowest BCUT2D eigenvalue weighted by Gasteiger charge is -2.13. The van der Waals surface area contributed by atoms with Crippen molar-refractivity contribution in [2.45, 2.75) is 26.2 Å². The van der Waals surface area contributed by atoms with Crippen molar-refractivity contribution in [3.63, 3.8) is 0 Å². The molecule has 2 rings (SSSR count). The van der Waals surface area contributed by atoms with Gasteiger partial charge in [-0.2, -0.15) is 0 Å². The molecule has 0 saturated heterocycles. The van der Waals surface area contributed by atoms with Crippen LogP contribution in [0.15, 0.2) is 42.5 Å². The molecule has 0 bridgehead atoms. The maximum Gasteiger partial charge on any atom is 0.343 e. The summed E-state index contributed by atoms with van der Waals surface area (Å²) in [5.41, 5.74) is 0.527. The number of unbranched alkanes of at least 4 members (excludes halogenated alkanes) is 2. The van der Waals surface area contributed by atoms with Crippen LogP contribution in [0.4, 0.5) is 0 Å². The smallest absolute Gasteiger partial charge is 0.343 e. The molecule has 0 aliphatic heterocycles. The number of esters is 2. The number of hydrogen-bond donors (Lipinski definition) is 0. The maximum absolute atomic E-state index is 12.5. The van der Waals surface area contributed by atoms with Gasteiger partial charge in [0, 0.05) is 0 Å². The van der Waals surface area contributed by atoms with Gasteiger partial charge in [0.25, 0.3) is 0 Å². The molecule has 0 spiro atoms. The fourth-order valence-corrected chi connectivity index (χ4v) is 2.44. The highest BCUT2D eigenvalue weighted by atomic mass is 16.6. The first-order chi connectivity index (χ1) is 13.1. The Morgan fingerprint density at radius 2 is 1.44 bits per heavy atom. The van der Waals surface area contributed by atoms with Crippen molar-refractivity contribution in [3.8, 4) is 17.2 Å². The van der Waals surface area contributed by atoms with Crippen molar-refractivity contribution in [2.24, 2.45) is 0 Å². The molecule has 0 N–H and O–H groups in total. The molecule has 144 valence electrons. The molecule has 0 aromatic heterocycles. The van der Waals surface area contributed by atoms with Gasteiger partial charge in [0.1, 0.15) is 0 Å². The van der Waals surface area contributed by atoms with E-state index in [9.17, 15) is 9.59 Å². The predicted molar refractivity (Wildman–Crippen MR) is 101 cm³/mol. The number of ether oxygens (including phenoxy) is 4. The Morgan fingerprint density at radius 1 is 0.852 bits per heavy atom. The minimum atomic E-state index is -0.626. The zero-order valence-corrected chi connectivity index (χ0v) is 15.8. The zero-order valence-electron chi connectivity index (χ0n) is 15.8. The molecule has 2 aromatic rings. The van der Waals surface area contributed by atoms with Crippen LogP contribution in [0.2, 0.25) is 0 Å². The fourth-order valence-electron chi connectivity index (χ4n) is 2.44. The zero-order chi connectivity index (χ0) is 19.6. The van der Waals surface area contributed by atoms with E-state index in [-0.39, 0.29) is 11.3 Å². The van der Waals surface area contributed by atoms with E-state index in [1.165, 1.54) is 20.3 Å². The highest BCUT2D eigenvalue weighted by Crippen LogP contribution is 2.37. The molecular formula is C21H24O6. The summed E-state index contributed by atoms with van der Waals surface area (Å²) in [5, 5.41) is 0. The topological polar surface area (TPSA) is 71.1 Å². The van der Waals surface area contributed by atoms with Crippen LogP contribution in [0.5, 0.6) is 17.2 Å². The minimum absolute atomic E-state index is 0.181. The van der Waals surface area contributed by atoms with Crippen molar-refractivity contribution in [2.75, 3.05) is 20.8 Å². The van der Waals surface area contributed by atoms with Gasteiger partial charge < -0.3 is 18.9 Å². The third-order valence-corrected chi connectivity index (χ3v) is 3.89. The molecule has 27 heavy (non-hydrogen) atoms. The summed E-state index contributed by atoms with van der Waals surface area (Å²) in [4.78, 5) is 24.7. The van der Waals surface area contributed by atoms with Crippen LogP contribution in [0.1, 0.15) is 46.9 Å². The first kappa shape index (κ1) is 20.3. The Bertz CT molecular complexity index is 762. The number of carbonyl (C=O) groups is 2. The van der Waals surface area contributed by atoms with Crippen molar-refractivity contribution >= 4 is 11.9 Å². The van der Waals surface area contributed by atoms with Gasteiger partial charge in [0.2, 0.25) is 5.75 Å². The molecule has 0 aliphatic carbocycles. The SMILES string of the molecule is CCCCCOC(=O)c1cccc(C(=O)Oc2c(OC)cccc2OC)c1. The minimum Gasteiger partial charge on any atom is -0.493 e. The second-order valence-corrected chi connectivity index (χ2v) is 5.81. The summed E-state index contributed by atoms with van der Waals surface area (Å²) in [5.74, 6) is -0.169. The number of hydrogen-bond acceptors (Lipinski definition) is 6. The molecule has 0 radical (unpaired) electrons. The van der Waals surface area contributed by atoms with E-state index in [0.717, 1.165) is 19.3 Å². The average Bonchev–Trinajstić information content (AvgIpc) is 2.71. The van der Waals surface area contributed by atoms with E-state index in [4.69, 9.17) is 18.9 Å². The molecule has 0 fully saturated rings. The Hall–Kier alpha value is -3.02. The van der Waals surface area contributed by atoms with E-state index in [1.54, 1.807) is 36.4 Å². The van der Waals surface area contributed by atoms with Crippen LogP contribution in [0.3, 0.4) is 0 Å². The first-order valence-electron chi connectivity index (χ1n) is 8.81. The number of methoxy groups -OCH3 is 2. The molecule has 0 atom stereocenters. The molecule has 2 aromatic carbocycles. The molecular weight excluding hydrogens is 348 g/mol. The standard InChI is InChI=1S/C21H24O6/c1-4-5-6-13-26-20(22)15-9-7-10-16(14-15)21(23)27-19-17(24-2)11-8-12-18(19)25-3/h7-12,14H,4-6,13H2,1-3H3. The van der Waals surface area contributed by atoms with Crippen LogP contribution in [-0.2, 0) is 4.74 Å². The van der Waals surface area contributed by atoms with Gasteiger partial charge in [-0.05, 0) is 36.8 Å².